The number of halogens is 1. The number of aromatic nitrogens is 2. The first kappa shape index (κ1) is 15.7. The summed E-state index contributed by atoms with van der Waals surface area (Å²) in [7, 11) is 0. The summed E-state index contributed by atoms with van der Waals surface area (Å²) in [5.74, 6) is -0.430. The van der Waals surface area contributed by atoms with Crippen molar-refractivity contribution >= 4 is 5.91 Å². The molecule has 0 aliphatic carbocycles. The maximum Gasteiger partial charge on any atom is 0.269 e. The number of likely N-dealkylation sites (tertiary alicyclic amines) is 1. The number of nitrogens with zero attached hydrogens (tertiary/aromatic N) is 2. The number of rotatable bonds is 4. The number of carbonyl (C=O) groups is 1. The highest BCUT2D eigenvalue weighted by molar-refractivity contribution is 5.90. The van der Waals surface area contributed by atoms with Gasteiger partial charge in [-0.2, -0.15) is 5.10 Å². The van der Waals surface area contributed by atoms with Crippen LogP contribution in [0.3, 0.4) is 0 Å². The van der Waals surface area contributed by atoms with E-state index >= 15 is 0 Å². The van der Waals surface area contributed by atoms with E-state index in [2.05, 4.69) is 22.0 Å². The second-order valence-corrected chi connectivity index (χ2v) is 6.13. The number of hydrogen-bond acceptors (Lipinski definition) is 3. The summed E-state index contributed by atoms with van der Waals surface area (Å²) in [4.78, 5) is 13.6. The summed E-state index contributed by atoms with van der Waals surface area (Å²) in [5, 5.41) is 6.91. The number of aromatic amines is 1. The lowest BCUT2D eigenvalue weighted by atomic mass is 9.92. The first-order valence-corrected chi connectivity index (χ1v) is 7.89. The predicted molar refractivity (Wildman–Crippen MR) is 85.5 cm³/mol. The fourth-order valence-electron chi connectivity index (χ4n) is 3.24. The number of primary amides is 1. The number of nitrogens with one attached hydrogen (secondary N) is 1. The number of carbonyl (C=O) groups excluding carboxylic acids is 1. The molecule has 0 unspecified atom stereocenters. The number of amides is 1. The third-order valence-corrected chi connectivity index (χ3v) is 4.64. The number of piperidine rings is 1. The molecular formula is C17H21FN4O. The summed E-state index contributed by atoms with van der Waals surface area (Å²) >= 11 is 0. The van der Waals surface area contributed by atoms with Gasteiger partial charge in [0, 0.05) is 24.2 Å². The average molecular weight is 316 g/mol. The molecule has 3 rings (SSSR count). The van der Waals surface area contributed by atoms with E-state index in [4.69, 9.17) is 5.73 Å². The lowest BCUT2D eigenvalue weighted by molar-refractivity contribution is 0.0995. The molecule has 1 aromatic carbocycles. The van der Waals surface area contributed by atoms with E-state index < -0.39 is 5.91 Å². The van der Waals surface area contributed by atoms with Crippen LogP contribution in [0.5, 0.6) is 0 Å². The highest BCUT2D eigenvalue weighted by Crippen LogP contribution is 2.31. The number of H-pyrrole nitrogens is 1. The standard InChI is InChI=1S/C17H21FN4O/c1-11(12-4-6-14(18)7-5-12)22-8-2-3-13(10-22)15-9-16(17(19)23)21-20-15/h4-7,9,11,13H,2-3,8,10H2,1H3,(H2,19,23)(H,20,21)/t11-,13+/m1/s1. The Morgan fingerprint density at radius 2 is 2.17 bits per heavy atom. The molecule has 0 saturated carbocycles. The fraction of sp³-hybridized carbons (Fsp3) is 0.412. The summed E-state index contributed by atoms with van der Waals surface area (Å²) in [6.45, 7) is 4.02. The van der Waals surface area contributed by atoms with Crippen LogP contribution in [-0.2, 0) is 0 Å². The zero-order valence-corrected chi connectivity index (χ0v) is 13.1. The van der Waals surface area contributed by atoms with Gasteiger partial charge in [-0.05, 0) is 50.1 Å². The Kier molecular flexibility index (Phi) is 4.43. The van der Waals surface area contributed by atoms with Gasteiger partial charge in [-0.1, -0.05) is 12.1 Å². The van der Waals surface area contributed by atoms with Crippen molar-refractivity contribution in [3.8, 4) is 0 Å². The zero-order chi connectivity index (χ0) is 16.4. The van der Waals surface area contributed by atoms with Gasteiger partial charge in [0.15, 0.2) is 0 Å². The van der Waals surface area contributed by atoms with Gasteiger partial charge in [0.1, 0.15) is 11.5 Å². The van der Waals surface area contributed by atoms with E-state index in [1.165, 1.54) is 12.1 Å². The Labute approximate surface area is 134 Å². The maximum atomic E-state index is 13.1. The first-order valence-electron chi connectivity index (χ1n) is 7.89. The molecule has 2 atom stereocenters. The molecule has 0 bridgehead atoms. The van der Waals surface area contributed by atoms with Crippen molar-refractivity contribution in [2.45, 2.75) is 31.7 Å². The minimum absolute atomic E-state index is 0.214. The van der Waals surface area contributed by atoms with E-state index in [0.29, 0.717) is 5.92 Å². The Balaban J connectivity index is 1.72. The molecule has 1 aromatic heterocycles. The zero-order valence-electron chi connectivity index (χ0n) is 13.1. The Bertz CT molecular complexity index is 682. The molecule has 3 N–H and O–H groups in total. The molecular weight excluding hydrogens is 295 g/mol. The molecule has 1 amide bonds. The van der Waals surface area contributed by atoms with Crippen LogP contribution in [-0.4, -0.2) is 34.1 Å². The van der Waals surface area contributed by atoms with Crippen molar-refractivity contribution in [1.29, 1.82) is 0 Å². The molecule has 1 fully saturated rings. The van der Waals surface area contributed by atoms with Crippen LogP contribution in [0.4, 0.5) is 4.39 Å². The molecule has 5 nitrogen and oxygen atoms in total. The van der Waals surface area contributed by atoms with Gasteiger partial charge < -0.3 is 5.73 Å². The molecule has 2 aromatic rings. The molecule has 1 aliphatic rings. The monoisotopic (exact) mass is 316 g/mol. The topological polar surface area (TPSA) is 75.0 Å². The van der Waals surface area contributed by atoms with Crippen molar-refractivity contribution in [3.05, 3.63) is 53.1 Å². The third kappa shape index (κ3) is 3.42. The Morgan fingerprint density at radius 3 is 2.83 bits per heavy atom. The lowest BCUT2D eigenvalue weighted by Gasteiger charge is -2.36. The summed E-state index contributed by atoms with van der Waals surface area (Å²) in [5.41, 5.74) is 7.60. The lowest BCUT2D eigenvalue weighted by Crippen LogP contribution is -2.36. The average Bonchev–Trinajstić information content (AvgIpc) is 3.05. The van der Waals surface area contributed by atoms with Crippen molar-refractivity contribution < 1.29 is 9.18 Å². The van der Waals surface area contributed by atoms with Gasteiger partial charge in [-0.3, -0.25) is 14.8 Å². The van der Waals surface area contributed by atoms with Crippen LogP contribution in [0.2, 0.25) is 0 Å². The van der Waals surface area contributed by atoms with Gasteiger partial charge >= 0.3 is 0 Å². The second kappa shape index (κ2) is 6.50. The van der Waals surface area contributed by atoms with E-state index in [9.17, 15) is 9.18 Å². The van der Waals surface area contributed by atoms with Crippen molar-refractivity contribution in [1.82, 2.24) is 15.1 Å². The van der Waals surface area contributed by atoms with Crippen LogP contribution in [0.1, 0.15) is 53.5 Å². The highest BCUT2D eigenvalue weighted by Gasteiger charge is 2.26. The van der Waals surface area contributed by atoms with Gasteiger partial charge in [0.05, 0.1) is 0 Å². The van der Waals surface area contributed by atoms with E-state index in [1.807, 2.05) is 12.1 Å². The predicted octanol–water partition coefficient (Wildman–Crippen LogP) is 2.59. The number of nitrogens with two attached hydrogens (primary N) is 1. The maximum absolute atomic E-state index is 13.1. The van der Waals surface area contributed by atoms with E-state index in [-0.39, 0.29) is 17.6 Å². The van der Waals surface area contributed by atoms with Crippen LogP contribution < -0.4 is 5.73 Å². The quantitative estimate of drug-likeness (QED) is 0.910. The molecule has 1 saturated heterocycles. The summed E-state index contributed by atoms with van der Waals surface area (Å²) < 4.78 is 13.1. The highest BCUT2D eigenvalue weighted by atomic mass is 19.1. The number of hydrogen-bond donors (Lipinski definition) is 2. The van der Waals surface area contributed by atoms with Crippen molar-refractivity contribution in [2.75, 3.05) is 13.1 Å². The smallest absolute Gasteiger partial charge is 0.269 e. The first-order chi connectivity index (χ1) is 11.0. The summed E-state index contributed by atoms with van der Waals surface area (Å²) in [6, 6.07) is 8.65. The van der Waals surface area contributed by atoms with Crippen molar-refractivity contribution in [2.24, 2.45) is 5.73 Å². The molecule has 1 aliphatic heterocycles. The third-order valence-electron chi connectivity index (χ3n) is 4.64. The molecule has 122 valence electrons. The van der Waals surface area contributed by atoms with Gasteiger partial charge in [0.2, 0.25) is 0 Å². The van der Waals surface area contributed by atoms with E-state index in [1.54, 1.807) is 6.07 Å². The van der Waals surface area contributed by atoms with Crippen LogP contribution in [0, 0.1) is 5.82 Å². The van der Waals surface area contributed by atoms with E-state index in [0.717, 1.165) is 37.2 Å². The second-order valence-electron chi connectivity index (χ2n) is 6.13. The molecule has 23 heavy (non-hydrogen) atoms. The largest absolute Gasteiger partial charge is 0.364 e. The van der Waals surface area contributed by atoms with Gasteiger partial charge in [0.25, 0.3) is 5.91 Å². The van der Waals surface area contributed by atoms with Crippen LogP contribution in [0.15, 0.2) is 30.3 Å². The van der Waals surface area contributed by atoms with Gasteiger partial charge in [-0.25, -0.2) is 4.39 Å². The SMILES string of the molecule is C[C@H](c1ccc(F)cc1)N1CCC[C@H](c2cc(C(N)=O)n[nH]2)C1. The minimum Gasteiger partial charge on any atom is -0.364 e. The molecule has 0 spiro atoms. The van der Waals surface area contributed by atoms with Gasteiger partial charge in [-0.15, -0.1) is 0 Å². The number of benzene rings is 1. The van der Waals surface area contributed by atoms with Crippen LogP contribution >= 0.6 is 0 Å². The van der Waals surface area contributed by atoms with Crippen molar-refractivity contribution in [3.63, 3.8) is 0 Å². The summed E-state index contributed by atoms with van der Waals surface area (Å²) in [6.07, 6.45) is 2.12. The molecule has 6 heteroatoms. The minimum atomic E-state index is -0.514. The molecule has 0 radical (unpaired) electrons. The Hall–Kier alpha value is -2.21. The molecule has 2 heterocycles. The Morgan fingerprint density at radius 1 is 1.43 bits per heavy atom. The normalized spacial score (nSPS) is 20.3. The van der Waals surface area contributed by atoms with Crippen LogP contribution in [0.25, 0.3) is 0 Å². The fourth-order valence-corrected chi connectivity index (χ4v) is 3.24.